The second-order valence-electron chi connectivity index (χ2n) is 6.09. The van der Waals surface area contributed by atoms with E-state index in [0.29, 0.717) is 30.4 Å². The maximum absolute atomic E-state index is 12.2. The Hall–Kier alpha value is -2.08. The van der Waals surface area contributed by atoms with E-state index < -0.39 is 0 Å². The minimum absolute atomic E-state index is 0.176. The van der Waals surface area contributed by atoms with E-state index >= 15 is 0 Å². The molecular formula is C19H23BrN2O3. The van der Waals surface area contributed by atoms with Crippen LogP contribution in [-0.2, 0) is 6.54 Å². The second kappa shape index (κ2) is 9.42. The van der Waals surface area contributed by atoms with Crippen molar-refractivity contribution in [3.8, 4) is 11.5 Å². The van der Waals surface area contributed by atoms with Crippen LogP contribution in [0.3, 0.4) is 0 Å². The number of methoxy groups -OCH3 is 1. The Balaban J connectivity index is 1.97. The van der Waals surface area contributed by atoms with Crippen LogP contribution in [-0.4, -0.2) is 24.6 Å². The minimum Gasteiger partial charge on any atom is -0.493 e. The molecule has 25 heavy (non-hydrogen) atoms. The highest BCUT2D eigenvalue weighted by atomic mass is 79.9. The largest absolute Gasteiger partial charge is 0.493 e. The highest BCUT2D eigenvalue weighted by Gasteiger charge is 2.09. The fourth-order valence-corrected chi connectivity index (χ4v) is 2.53. The van der Waals surface area contributed by atoms with E-state index in [1.807, 2.05) is 18.2 Å². The monoisotopic (exact) mass is 406 g/mol. The molecule has 134 valence electrons. The Morgan fingerprint density at radius 1 is 1.24 bits per heavy atom. The Morgan fingerprint density at radius 2 is 2.04 bits per heavy atom. The van der Waals surface area contributed by atoms with Gasteiger partial charge in [0.05, 0.1) is 19.3 Å². The summed E-state index contributed by atoms with van der Waals surface area (Å²) in [5.74, 6) is 1.80. The molecule has 6 heteroatoms. The lowest BCUT2D eigenvalue weighted by molar-refractivity contribution is 0.0950. The molecule has 2 rings (SSSR count). The van der Waals surface area contributed by atoms with Gasteiger partial charge in [0.15, 0.2) is 11.5 Å². The van der Waals surface area contributed by atoms with Crippen LogP contribution >= 0.6 is 15.9 Å². The summed E-state index contributed by atoms with van der Waals surface area (Å²) in [6, 6.07) is 7.41. The zero-order valence-corrected chi connectivity index (χ0v) is 16.3. The number of ether oxygens (including phenoxy) is 2. The first kappa shape index (κ1) is 19.2. The predicted molar refractivity (Wildman–Crippen MR) is 101 cm³/mol. The third-order valence-electron chi connectivity index (χ3n) is 3.60. The van der Waals surface area contributed by atoms with Crippen molar-refractivity contribution >= 4 is 21.8 Å². The van der Waals surface area contributed by atoms with E-state index in [-0.39, 0.29) is 5.91 Å². The van der Waals surface area contributed by atoms with Crippen LogP contribution in [0.25, 0.3) is 0 Å². The van der Waals surface area contributed by atoms with Gasteiger partial charge in [-0.3, -0.25) is 9.78 Å². The fourth-order valence-electron chi connectivity index (χ4n) is 2.17. The molecular weight excluding hydrogens is 384 g/mol. The molecule has 1 N–H and O–H groups in total. The van der Waals surface area contributed by atoms with Gasteiger partial charge in [-0.05, 0) is 52.0 Å². The van der Waals surface area contributed by atoms with Crippen LogP contribution in [0.2, 0.25) is 0 Å². The van der Waals surface area contributed by atoms with Crippen molar-refractivity contribution in [3.05, 3.63) is 52.3 Å². The van der Waals surface area contributed by atoms with Gasteiger partial charge in [-0.15, -0.1) is 0 Å². The van der Waals surface area contributed by atoms with E-state index in [1.165, 1.54) is 6.20 Å². The molecule has 1 heterocycles. The van der Waals surface area contributed by atoms with Gasteiger partial charge in [-0.25, -0.2) is 0 Å². The topological polar surface area (TPSA) is 60.5 Å². The van der Waals surface area contributed by atoms with E-state index in [2.05, 4.69) is 40.1 Å². The summed E-state index contributed by atoms with van der Waals surface area (Å²) in [5.41, 5.74) is 1.44. The van der Waals surface area contributed by atoms with Crippen molar-refractivity contribution < 1.29 is 14.3 Å². The van der Waals surface area contributed by atoms with E-state index in [9.17, 15) is 4.79 Å². The predicted octanol–water partition coefficient (Wildman–Crippen LogP) is 4.21. The first-order valence-corrected chi connectivity index (χ1v) is 8.97. The molecule has 0 saturated carbocycles. The van der Waals surface area contributed by atoms with Crippen LogP contribution in [0.1, 0.15) is 36.2 Å². The van der Waals surface area contributed by atoms with Crippen LogP contribution in [0, 0.1) is 5.92 Å². The van der Waals surface area contributed by atoms with E-state index in [0.717, 1.165) is 22.2 Å². The molecule has 5 nitrogen and oxygen atoms in total. The molecule has 2 aromatic rings. The second-order valence-corrected chi connectivity index (χ2v) is 7.01. The third kappa shape index (κ3) is 6.05. The average molecular weight is 407 g/mol. The van der Waals surface area contributed by atoms with Gasteiger partial charge < -0.3 is 14.8 Å². The molecule has 1 aromatic heterocycles. The smallest absolute Gasteiger partial charge is 0.253 e. The zero-order valence-electron chi connectivity index (χ0n) is 14.7. The first-order chi connectivity index (χ1) is 12.0. The number of pyridine rings is 1. The Morgan fingerprint density at radius 3 is 2.72 bits per heavy atom. The van der Waals surface area contributed by atoms with Crippen LogP contribution < -0.4 is 14.8 Å². The number of hydrogen-bond donors (Lipinski definition) is 1. The third-order valence-corrected chi connectivity index (χ3v) is 4.03. The van der Waals surface area contributed by atoms with Crippen molar-refractivity contribution in [1.29, 1.82) is 0 Å². The highest BCUT2D eigenvalue weighted by Crippen LogP contribution is 2.28. The van der Waals surface area contributed by atoms with E-state index in [4.69, 9.17) is 9.47 Å². The molecule has 0 aliphatic carbocycles. The molecule has 0 saturated heterocycles. The summed E-state index contributed by atoms with van der Waals surface area (Å²) in [6.45, 7) is 5.37. The number of hydrogen-bond acceptors (Lipinski definition) is 4. The number of halogens is 1. The van der Waals surface area contributed by atoms with Gasteiger partial charge in [-0.1, -0.05) is 19.9 Å². The molecule has 1 aromatic carbocycles. The van der Waals surface area contributed by atoms with Crippen molar-refractivity contribution in [2.45, 2.75) is 26.8 Å². The number of carbonyl (C=O) groups excluding carboxylic acids is 1. The zero-order chi connectivity index (χ0) is 18.2. The van der Waals surface area contributed by atoms with Gasteiger partial charge in [0.2, 0.25) is 0 Å². The summed E-state index contributed by atoms with van der Waals surface area (Å²) in [4.78, 5) is 16.2. The summed E-state index contributed by atoms with van der Waals surface area (Å²) in [6.07, 6.45) is 4.16. The number of carbonyl (C=O) groups is 1. The number of amides is 1. The van der Waals surface area contributed by atoms with Gasteiger partial charge >= 0.3 is 0 Å². The molecule has 0 atom stereocenters. The van der Waals surface area contributed by atoms with E-state index in [1.54, 1.807) is 19.4 Å². The molecule has 0 spiro atoms. The number of benzene rings is 1. The van der Waals surface area contributed by atoms with Gasteiger partial charge in [0.1, 0.15) is 0 Å². The summed E-state index contributed by atoms with van der Waals surface area (Å²) in [5, 5.41) is 2.88. The van der Waals surface area contributed by atoms with Crippen LogP contribution in [0.4, 0.5) is 0 Å². The highest BCUT2D eigenvalue weighted by molar-refractivity contribution is 9.10. The molecule has 0 aliphatic rings. The van der Waals surface area contributed by atoms with Crippen molar-refractivity contribution in [2.24, 2.45) is 5.92 Å². The SMILES string of the molecule is COc1cc(CNC(=O)c2cncc(Br)c2)ccc1OCCC(C)C. The molecule has 0 bridgehead atoms. The fraction of sp³-hybridized carbons (Fsp3) is 0.368. The number of aromatic nitrogens is 1. The van der Waals surface area contributed by atoms with Crippen molar-refractivity contribution in [1.82, 2.24) is 10.3 Å². The summed E-state index contributed by atoms with van der Waals surface area (Å²) in [7, 11) is 1.61. The molecule has 0 aliphatic heterocycles. The molecule has 0 fully saturated rings. The number of nitrogens with zero attached hydrogens (tertiary/aromatic N) is 1. The lowest BCUT2D eigenvalue weighted by Crippen LogP contribution is -2.22. The Bertz CT molecular complexity index is 720. The quantitative estimate of drug-likeness (QED) is 0.712. The normalized spacial score (nSPS) is 10.6. The minimum atomic E-state index is -0.176. The lowest BCUT2D eigenvalue weighted by atomic mass is 10.1. The van der Waals surface area contributed by atoms with Crippen LogP contribution in [0.5, 0.6) is 11.5 Å². The lowest BCUT2D eigenvalue weighted by Gasteiger charge is -2.13. The number of rotatable bonds is 8. The number of nitrogens with one attached hydrogen (secondary N) is 1. The Labute approximate surface area is 156 Å². The van der Waals surface area contributed by atoms with Crippen molar-refractivity contribution in [2.75, 3.05) is 13.7 Å². The van der Waals surface area contributed by atoms with Crippen molar-refractivity contribution in [3.63, 3.8) is 0 Å². The summed E-state index contributed by atoms with van der Waals surface area (Å²) < 4.78 is 11.9. The van der Waals surface area contributed by atoms with Gasteiger partial charge in [-0.2, -0.15) is 0 Å². The average Bonchev–Trinajstić information content (AvgIpc) is 2.60. The first-order valence-electron chi connectivity index (χ1n) is 8.18. The Kier molecular flexibility index (Phi) is 7.25. The molecule has 1 amide bonds. The summed E-state index contributed by atoms with van der Waals surface area (Å²) >= 11 is 3.31. The maximum atomic E-state index is 12.2. The molecule has 0 radical (unpaired) electrons. The molecule has 0 unspecified atom stereocenters. The maximum Gasteiger partial charge on any atom is 0.253 e. The standard InChI is InChI=1S/C19H23BrN2O3/c1-13(2)6-7-25-17-5-4-14(8-18(17)24-3)10-22-19(23)15-9-16(20)12-21-11-15/h4-5,8-9,11-13H,6-7,10H2,1-3H3,(H,22,23). The van der Waals surface area contributed by atoms with Gasteiger partial charge in [0, 0.05) is 23.4 Å². The van der Waals surface area contributed by atoms with Gasteiger partial charge in [0.25, 0.3) is 5.91 Å². The van der Waals surface area contributed by atoms with Crippen LogP contribution in [0.15, 0.2) is 41.1 Å².